The van der Waals surface area contributed by atoms with Gasteiger partial charge >= 0.3 is 0 Å². The number of hydrogen-bond donors (Lipinski definition) is 0. The Hall–Kier alpha value is -1.28. The first kappa shape index (κ1) is 19.0. The quantitative estimate of drug-likeness (QED) is 0.463. The predicted molar refractivity (Wildman–Crippen MR) is 109 cm³/mol. The monoisotopic (exact) mass is 342 g/mol. The van der Waals surface area contributed by atoms with Gasteiger partial charge in [-0.1, -0.05) is 71.9 Å². The SMILES string of the molecule is CC(C)C[Si](CC(C)C)(CC(C)C)Oc1ccc2ccccc2c1. The molecule has 132 valence electrons. The lowest BCUT2D eigenvalue weighted by molar-refractivity contribution is 0.475. The fourth-order valence-electron chi connectivity index (χ4n) is 4.09. The van der Waals surface area contributed by atoms with Gasteiger partial charge in [-0.15, -0.1) is 0 Å². The summed E-state index contributed by atoms with van der Waals surface area (Å²) in [6, 6.07) is 18.9. The maximum atomic E-state index is 6.88. The van der Waals surface area contributed by atoms with Crippen molar-refractivity contribution in [2.75, 3.05) is 0 Å². The van der Waals surface area contributed by atoms with Gasteiger partial charge in [0.25, 0.3) is 8.32 Å². The normalized spacial score (nSPS) is 12.5. The number of fused-ring (bicyclic) bond motifs is 1. The summed E-state index contributed by atoms with van der Waals surface area (Å²) in [7, 11) is -1.81. The van der Waals surface area contributed by atoms with Crippen molar-refractivity contribution >= 4 is 19.1 Å². The summed E-state index contributed by atoms with van der Waals surface area (Å²) in [5.74, 6) is 3.14. The summed E-state index contributed by atoms with van der Waals surface area (Å²) in [5.41, 5.74) is 0. The fraction of sp³-hybridized carbons (Fsp3) is 0.545. The van der Waals surface area contributed by atoms with Crippen molar-refractivity contribution in [3.63, 3.8) is 0 Å². The zero-order chi connectivity index (χ0) is 17.7. The molecule has 0 aliphatic heterocycles. The highest BCUT2D eigenvalue weighted by molar-refractivity contribution is 6.74. The molecule has 0 spiro atoms. The van der Waals surface area contributed by atoms with Crippen LogP contribution in [-0.2, 0) is 0 Å². The molecular weight excluding hydrogens is 308 g/mol. The minimum absolute atomic E-state index is 0.689. The topological polar surface area (TPSA) is 9.23 Å². The van der Waals surface area contributed by atoms with E-state index in [1.54, 1.807) is 0 Å². The average molecular weight is 343 g/mol. The maximum Gasteiger partial charge on any atom is 0.252 e. The molecule has 1 nitrogen and oxygen atoms in total. The van der Waals surface area contributed by atoms with Crippen LogP contribution >= 0.6 is 0 Å². The molecule has 0 N–H and O–H groups in total. The van der Waals surface area contributed by atoms with Gasteiger partial charge in [-0.2, -0.15) is 0 Å². The van der Waals surface area contributed by atoms with E-state index in [0.29, 0.717) is 17.8 Å². The second-order valence-corrected chi connectivity index (χ2v) is 12.4. The van der Waals surface area contributed by atoms with Crippen molar-refractivity contribution in [3.05, 3.63) is 42.5 Å². The van der Waals surface area contributed by atoms with E-state index >= 15 is 0 Å². The Morgan fingerprint density at radius 3 is 1.71 bits per heavy atom. The highest BCUT2D eigenvalue weighted by atomic mass is 28.4. The van der Waals surface area contributed by atoms with Crippen LogP contribution in [0.4, 0.5) is 0 Å². The number of benzene rings is 2. The van der Waals surface area contributed by atoms with Crippen LogP contribution < -0.4 is 4.43 Å². The molecule has 0 fully saturated rings. The van der Waals surface area contributed by atoms with Crippen molar-refractivity contribution in [2.45, 2.75) is 59.7 Å². The van der Waals surface area contributed by atoms with E-state index in [1.807, 2.05) is 0 Å². The van der Waals surface area contributed by atoms with Crippen LogP contribution in [0.15, 0.2) is 42.5 Å². The van der Waals surface area contributed by atoms with Gasteiger partial charge < -0.3 is 4.43 Å². The van der Waals surface area contributed by atoms with E-state index in [2.05, 4.69) is 84.0 Å². The fourth-order valence-corrected chi connectivity index (χ4v) is 9.93. The van der Waals surface area contributed by atoms with Gasteiger partial charge in [0, 0.05) is 0 Å². The molecule has 0 unspecified atom stereocenters. The lowest BCUT2D eigenvalue weighted by Crippen LogP contribution is -2.45. The second-order valence-electron chi connectivity index (χ2n) is 8.59. The van der Waals surface area contributed by atoms with Crippen LogP contribution in [0.1, 0.15) is 41.5 Å². The van der Waals surface area contributed by atoms with Gasteiger partial charge in [0.1, 0.15) is 5.75 Å². The molecule has 0 aromatic heterocycles. The second kappa shape index (κ2) is 8.20. The first-order valence-corrected chi connectivity index (χ1v) is 12.0. The Kier molecular flexibility index (Phi) is 6.51. The van der Waals surface area contributed by atoms with E-state index in [-0.39, 0.29) is 0 Å². The lowest BCUT2D eigenvalue weighted by Gasteiger charge is -2.36. The van der Waals surface area contributed by atoms with Crippen LogP contribution in [-0.4, -0.2) is 8.32 Å². The van der Waals surface area contributed by atoms with E-state index in [9.17, 15) is 0 Å². The average Bonchev–Trinajstić information content (AvgIpc) is 2.44. The largest absolute Gasteiger partial charge is 0.543 e. The summed E-state index contributed by atoms with van der Waals surface area (Å²) >= 11 is 0. The smallest absolute Gasteiger partial charge is 0.252 e. The van der Waals surface area contributed by atoms with Crippen molar-refractivity contribution in [3.8, 4) is 5.75 Å². The summed E-state index contributed by atoms with van der Waals surface area (Å²) in [5, 5.41) is 2.56. The van der Waals surface area contributed by atoms with Crippen LogP contribution in [0.2, 0.25) is 18.1 Å². The molecule has 24 heavy (non-hydrogen) atoms. The Balaban J connectivity index is 2.35. The van der Waals surface area contributed by atoms with Gasteiger partial charge in [0.05, 0.1) is 0 Å². The third-order valence-electron chi connectivity index (χ3n) is 4.40. The minimum atomic E-state index is -1.81. The van der Waals surface area contributed by atoms with Crippen molar-refractivity contribution in [2.24, 2.45) is 17.8 Å². The number of rotatable bonds is 8. The van der Waals surface area contributed by atoms with Gasteiger partial charge in [-0.25, -0.2) is 0 Å². The van der Waals surface area contributed by atoms with Crippen molar-refractivity contribution in [1.82, 2.24) is 0 Å². The zero-order valence-corrected chi connectivity index (χ0v) is 17.3. The van der Waals surface area contributed by atoms with E-state index in [1.165, 1.54) is 28.9 Å². The van der Waals surface area contributed by atoms with Crippen LogP contribution in [0.3, 0.4) is 0 Å². The summed E-state index contributed by atoms with van der Waals surface area (Å²) in [6.45, 7) is 14.0. The molecule has 0 aliphatic rings. The van der Waals surface area contributed by atoms with E-state index in [0.717, 1.165) is 5.75 Å². The molecule has 0 heterocycles. The van der Waals surface area contributed by atoms with Crippen molar-refractivity contribution in [1.29, 1.82) is 0 Å². The molecule has 2 aromatic rings. The summed E-state index contributed by atoms with van der Waals surface area (Å²) in [6.07, 6.45) is 0. The lowest BCUT2D eigenvalue weighted by atomic mass is 10.1. The van der Waals surface area contributed by atoms with E-state index < -0.39 is 8.32 Å². The first-order chi connectivity index (χ1) is 11.3. The van der Waals surface area contributed by atoms with Gasteiger partial charge in [0.2, 0.25) is 0 Å². The molecule has 0 amide bonds. The summed E-state index contributed by atoms with van der Waals surface area (Å²) < 4.78 is 6.88. The third kappa shape index (κ3) is 5.37. The Morgan fingerprint density at radius 1 is 0.708 bits per heavy atom. The van der Waals surface area contributed by atoms with Gasteiger partial charge in [-0.3, -0.25) is 0 Å². The van der Waals surface area contributed by atoms with Crippen LogP contribution in [0.5, 0.6) is 5.75 Å². The molecular formula is C22H34OSi. The van der Waals surface area contributed by atoms with Crippen molar-refractivity contribution < 1.29 is 4.43 Å². The van der Waals surface area contributed by atoms with Crippen LogP contribution in [0, 0.1) is 17.8 Å². The molecule has 0 radical (unpaired) electrons. The Bertz CT molecular complexity index is 619. The molecule has 0 saturated carbocycles. The summed E-state index contributed by atoms with van der Waals surface area (Å²) in [4.78, 5) is 0. The minimum Gasteiger partial charge on any atom is -0.543 e. The molecule has 0 bridgehead atoms. The maximum absolute atomic E-state index is 6.88. The molecule has 0 aliphatic carbocycles. The Morgan fingerprint density at radius 2 is 1.21 bits per heavy atom. The highest BCUT2D eigenvalue weighted by Gasteiger charge is 2.39. The molecule has 0 saturated heterocycles. The highest BCUT2D eigenvalue weighted by Crippen LogP contribution is 2.35. The van der Waals surface area contributed by atoms with E-state index in [4.69, 9.17) is 4.43 Å². The Labute approximate surface area is 149 Å². The van der Waals surface area contributed by atoms with Gasteiger partial charge in [-0.05, 0) is 58.8 Å². The number of hydrogen-bond acceptors (Lipinski definition) is 1. The first-order valence-electron chi connectivity index (χ1n) is 9.47. The predicted octanol–water partition coefficient (Wildman–Crippen LogP) is 7.13. The zero-order valence-electron chi connectivity index (χ0n) is 16.3. The molecule has 0 atom stereocenters. The van der Waals surface area contributed by atoms with Crippen LogP contribution in [0.25, 0.3) is 10.8 Å². The third-order valence-corrected chi connectivity index (χ3v) is 9.75. The van der Waals surface area contributed by atoms with Gasteiger partial charge in [0.15, 0.2) is 0 Å². The molecule has 2 rings (SSSR count). The standard InChI is InChI=1S/C22H34OSi/c1-17(2)14-24(15-18(3)4,16-19(5)6)23-22-12-11-20-9-7-8-10-21(20)13-22/h7-13,17-19H,14-16H2,1-6H3. The molecule has 2 aromatic carbocycles. The molecule has 2 heteroatoms.